The van der Waals surface area contributed by atoms with Gasteiger partial charge >= 0.3 is 5.97 Å². The Hall–Kier alpha value is -1.17. The quantitative estimate of drug-likeness (QED) is 0.823. The van der Waals surface area contributed by atoms with Crippen LogP contribution in [0.15, 0.2) is 30.3 Å². The molecule has 1 heterocycles. The molecule has 14 heavy (non-hydrogen) atoms. The number of benzene rings is 1. The topological polar surface area (TPSA) is 50.2 Å². The maximum atomic E-state index is 10.7. The Morgan fingerprint density at radius 3 is 2.79 bits per heavy atom. The van der Waals surface area contributed by atoms with E-state index in [1.165, 1.54) is 6.07 Å². The second-order valence-electron chi connectivity index (χ2n) is 2.81. The summed E-state index contributed by atoms with van der Waals surface area (Å²) in [6.45, 7) is 0. The molecule has 0 unspecified atom stereocenters. The third kappa shape index (κ3) is 1.57. The lowest BCUT2D eigenvalue weighted by Crippen LogP contribution is -2.00. The van der Waals surface area contributed by atoms with Gasteiger partial charge in [-0.15, -0.1) is 0 Å². The first-order chi connectivity index (χ1) is 6.68. The highest BCUT2D eigenvalue weighted by Gasteiger charge is 2.06. The molecule has 1 aromatic carbocycles. The predicted octanol–water partition coefficient (Wildman–Crippen LogP) is 2.54. The number of carbonyl (C=O) groups is 1. The van der Waals surface area contributed by atoms with Crippen molar-refractivity contribution in [2.45, 2.75) is 0 Å². The number of rotatable bonds is 1. The van der Waals surface area contributed by atoms with Crippen LogP contribution in [0.3, 0.4) is 0 Å². The van der Waals surface area contributed by atoms with E-state index in [0.29, 0.717) is 0 Å². The molecule has 0 saturated heterocycles. The van der Waals surface area contributed by atoms with Crippen molar-refractivity contribution in [1.29, 1.82) is 0 Å². The fraction of sp³-hybridized carbons (Fsp3) is 0. The van der Waals surface area contributed by atoms with Crippen LogP contribution in [-0.2, 0) is 0 Å². The summed E-state index contributed by atoms with van der Waals surface area (Å²) in [6.07, 6.45) is 0. The first-order valence-corrected chi connectivity index (χ1v) is 5.05. The lowest BCUT2D eigenvalue weighted by molar-refractivity contribution is 0.0691. The van der Waals surface area contributed by atoms with Gasteiger partial charge in [0.15, 0.2) is 0 Å². The largest absolute Gasteiger partial charge is 0.477 e. The molecule has 0 radical (unpaired) electrons. The summed E-state index contributed by atoms with van der Waals surface area (Å²) in [5.41, 5.74) is 0.828. The number of pyridine rings is 1. The fourth-order valence-electron chi connectivity index (χ4n) is 1.23. The second kappa shape index (κ2) is 3.53. The molecular formula is C10H6INO2. The van der Waals surface area contributed by atoms with Crippen molar-refractivity contribution >= 4 is 39.5 Å². The Morgan fingerprint density at radius 2 is 2.07 bits per heavy atom. The molecule has 1 N–H and O–H groups in total. The number of carboxylic acids is 1. The highest BCUT2D eigenvalue weighted by Crippen LogP contribution is 2.18. The number of fused-ring (bicyclic) bond motifs is 1. The predicted molar refractivity (Wildman–Crippen MR) is 61.4 cm³/mol. The molecule has 0 aliphatic heterocycles. The lowest BCUT2D eigenvalue weighted by atomic mass is 10.2. The zero-order valence-electron chi connectivity index (χ0n) is 7.07. The van der Waals surface area contributed by atoms with Crippen molar-refractivity contribution in [3.63, 3.8) is 0 Å². The van der Waals surface area contributed by atoms with E-state index >= 15 is 0 Å². The monoisotopic (exact) mass is 299 g/mol. The molecule has 70 valence electrons. The first-order valence-electron chi connectivity index (χ1n) is 3.97. The van der Waals surface area contributed by atoms with Crippen molar-refractivity contribution in [3.05, 3.63) is 39.6 Å². The molecule has 0 amide bonds. The van der Waals surface area contributed by atoms with Crippen LogP contribution < -0.4 is 0 Å². The van der Waals surface area contributed by atoms with Gasteiger partial charge in [0.2, 0.25) is 0 Å². The Bertz CT molecular complexity index is 510. The van der Waals surface area contributed by atoms with Crippen molar-refractivity contribution in [1.82, 2.24) is 4.98 Å². The molecule has 0 fully saturated rings. The molecule has 0 saturated carbocycles. The standard InChI is InChI=1S/C10H6INO2/c11-7-3-1-2-6-4-5-8(10(13)14)12-9(6)7/h1-5H,(H,13,14). The average Bonchev–Trinajstić information content (AvgIpc) is 2.18. The number of aromatic nitrogens is 1. The van der Waals surface area contributed by atoms with E-state index < -0.39 is 5.97 Å². The van der Waals surface area contributed by atoms with Gasteiger partial charge in [0.1, 0.15) is 5.69 Å². The molecule has 0 bridgehead atoms. The zero-order chi connectivity index (χ0) is 10.1. The van der Waals surface area contributed by atoms with Gasteiger partial charge < -0.3 is 5.11 Å². The summed E-state index contributed by atoms with van der Waals surface area (Å²) in [4.78, 5) is 14.8. The Labute approximate surface area is 93.9 Å². The van der Waals surface area contributed by atoms with Crippen LogP contribution >= 0.6 is 22.6 Å². The second-order valence-corrected chi connectivity index (χ2v) is 3.98. The van der Waals surface area contributed by atoms with Crippen molar-refractivity contribution < 1.29 is 9.90 Å². The minimum Gasteiger partial charge on any atom is -0.477 e. The maximum absolute atomic E-state index is 10.7. The third-order valence-corrected chi connectivity index (χ3v) is 2.76. The van der Waals surface area contributed by atoms with E-state index in [1.54, 1.807) is 6.07 Å². The Balaban J connectivity index is 2.76. The van der Waals surface area contributed by atoms with Gasteiger partial charge in [-0.2, -0.15) is 0 Å². The average molecular weight is 299 g/mol. The van der Waals surface area contributed by atoms with Gasteiger partial charge in [-0.1, -0.05) is 18.2 Å². The number of carboxylic acid groups (broad SMARTS) is 1. The smallest absolute Gasteiger partial charge is 0.354 e. The van der Waals surface area contributed by atoms with E-state index in [4.69, 9.17) is 5.11 Å². The van der Waals surface area contributed by atoms with E-state index in [1.807, 2.05) is 18.2 Å². The summed E-state index contributed by atoms with van der Waals surface area (Å²) in [5, 5.41) is 9.73. The van der Waals surface area contributed by atoms with Gasteiger partial charge in [0.25, 0.3) is 0 Å². The minimum atomic E-state index is -0.994. The van der Waals surface area contributed by atoms with E-state index in [0.717, 1.165) is 14.5 Å². The molecule has 0 aliphatic rings. The molecule has 0 atom stereocenters. The van der Waals surface area contributed by atoms with Crippen LogP contribution in [0.4, 0.5) is 0 Å². The number of hydrogen-bond acceptors (Lipinski definition) is 2. The van der Waals surface area contributed by atoms with Crippen LogP contribution in [0.5, 0.6) is 0 Å². The number of para-hydroxylation sites is 1. The minimum absolute atomic E-state index is 0.0848. The summed E-state index contributed by atoms with van der Waals surface area (Å²) in [7, 11) is 0. The van der Waals surface area contributed by atoms with Crippen LogP contribution in [-0.4, -0.2) is 16.1 Å². The number of hydrogen-bond donors (Lipinski definition) is 1. The molecule has 3 nitrogen and oxygen atoms in total. The first kappa shape index (κ1) is 9.39. The normalized spacial score (nSPS) is 10.4. The summed E-state index contributed by atoms with van der Waals surface area (Å²) in [5.74, 6) is -0.994. The highest BCUT2D eigenvalue weighted by atomic mass is 127. The summed E-state index contributed by atoms with van der Waals surface area (Å²) < 4.78 is 0.961. The molecule has 0 aliphatic carbocycles. The van der Waals surface area contributed by atoms with Crippen LogP contribution in [0.1, 0.15) is 10.5 Å². The van der Waals surface area contributed by atoms with E-state index in [9.17, 15) is 4.79 Å². The summed E-state index contributed by atoms with van der Waals surface area (Å²) >= 11 is 2.14. The van der Waals surface area contributed by atoms with Crippen molar-refractivity contribution in [3.8, 4) is 0 Å². The van der Waals surface area contributed by atoms with Crippen molar-refractivity contribution in [2.24, 2.45) is 0 Å². The Morgan fingerprint density at radius 1 is 1.29 bits per heavy atom. The lowest BCUT2D eigenvalue weighted by Gasteiger charge is -2.00. The van der Waals surface area contributed by atoms with Crippen LogP contribution in [0, 0.1) is 3.57 Å². The molecule has 1 aromatic heterocycles. The summed E-state index contributed by atoms with van der Waals surface area (Å²) in [6, 6.07) is 9.03. The van der Waals surface area contributed by atoms with Crippen LogP contribution in [0.2, 0.25) is 0 Å². The van der Waals surface area contributed by atoms with Gasteiger partial charge in [-0.3, -0.25) is 0 Å². The molecule has 0 spiro atoms. The highest BCUT2D eigenvalue weighted by molar-refractivity contribution is 14.1. The molecule has 4 heteroatoms. The van der Waals surface area contributed by atoms with Gasteiger partial charge in [0.05, 0.1) is 5.52 Å². The molecule has 2 rings (SSSR count). The van der Waals surface area contributed by atoms with E-state index in [2.05, 4.69) is 27.6 Å². The number of aromatic carboxylic acids is 1. The van der Waals surface area contributed by atoms with Gasteiger partial charge in [0, 0.05) is 8.96 Å². The molecular weight excluding hydrogens is 293 g/mol. The number of nitrogens with zero attached hydrogens (tertiary/aromatic N) is 1. The number of halogens is 1. The van der Waals surface area contributed by atoms with Crippen molar-refractivity contribution in [2.75, 3.05) is 0 Å². The maximum Gasteiger partial charge on any atom is 0.354 e. The SMILES string of the molecule is O=C(O)c1ccc2cccc(I)c2n1. The van der Waals surface area contributed by atoms with Crippen LogP contribution in [0.25, 0.3) is 10.9 Å². The fourth-order valence-corrected chi connectivity index (χ4v) is 1.87. The van der Waals surface area contributed by atoms with Gasteiger partial charge in [-0.25, -0.2) is 9.78 Å². The van der Waals surface area contributed by atoms with E-state index in [-0.39, 0.29) is 5.69 Å². The van der Waals surface area contributed by atoms with Gasteiger partial charge in [-0.05, 0) is 34.7 Å². The third-order valence-electron chi connectivity index (χ3n) is 1.89. The molecule has 2 aromatic rings. The zero-order valence-corrected chi connectivity index (χ0v) is 9.22. The Kier molecular flexibility index (Phi) is 2.37.